The van der Waals surface area contributed by atoms with Gasteiger partial charge >= 0.3 is 0 Å². The summed E-state index contributed by atoms with van der Waals surface area (Å²) in [6.07, 6.45) is 6.40. The van der Waals surface area contributed by atoms with Crippen LogP contribution in [0.4, 0.5) is 0 Å². The lowest BCUT2D eigenvalue weighted by atomic mass is 9.73. The van der Waals surface area contributed by atoms with E-state index in [1.165, 1.54) is 9.88 Å². The Kier molecular flexibility index (Phi) is 8.19. The van der Waals surface area contributed by atoms with Gasteiger partial charge in [-0.15, -0.1) is 36.2 Å². The molecule has 25 heavy (non-hydrogen) atoms. The molecule has 7 heteroatoms. The molecule has 2 heterocycles. The third-order valence-electron chi connectivity index (χ3n) is 5.68. The summed E-state index contributed by atoms with van der Waals surface area (Å²) in [5.74, 6) is 0.678. The molecule has 144 valence electrons. The highest BCUT2D eigenvalue weighted by Gasteiger charge is 2.41. The molecule has 1 amide bonds. The monoisotopic (exact) mass is 407 g/mol. The van der Waals surface area contributed by atoms with Crippen LogP contribution in [0.5, 0.6) is 0 Å². The number of hydrogen-bond acceptors (Lipinski definition) is 4. The first kappa shape index (κ1) is 22.7. The Balaban J connectivity index is 0.00000156. The summed E-state index contributed by atoms with van der Waals surface area (Å²) in [6, 6.07) is 0. The van der Waals surface area contributed by atoms with Crippen molar-refractivity contribution in [2.24, 2.45) is 11.7 Å². The Hall–Kier alpha value is -0.360. The molecular weight excluding hydrogens is 377 g/mol. The van der Waals surface area contributed by atoms with Crippen LogP contribution in [0.25, 0.3) is 0 Å². The van der Waals surface area contributed by atoms with E-state index in [-0.39, 0.29) is 42.2 Å². The lowest BCUT2D eigenvalue weighted by Gasteiger charge is -2.42. The fraction of sp³-hybridized carbons (Fsp3) is 0.778. The van der Waals surface area contributed by atoms with Crippen molar-refractivity contribution in [3.63, 3.8) is 0 Å². The number of thiazole rings is 1. The summed E-state index contributed by atoms with van der Waals surface area (Å²) in [7, 11) is 0. The van der Waals surface area contributed by atoms with Gasteiger partial charge in [-0.25, -0.2) is 4.98 Å². The Morgan fingerprint density at radius 3 is 2.56 bits per heavy atom. The van der Waals surface area contributed by atoms with Crippen LogP contribution in [0.15, 0.2) is 0 Å². The quantitative estimate of drug-likeness (QED) is 0.797. The fourth-order valence-electron chi connectivity index (χ4n) is 4.04. The van der Waals surface area contributed by atoms with Crippen LogP contribution in [0.3, 0.4) is 0 Å². The molecule has 2 aliphatic rings. The third-order valence-corrected chi connectivity index (χ3v) is 6.92. The molecule has 1 aromatic heterocycles. The second-order valence-corrected chi connectivity index (χ2v) is 8.86. The summed E-state index contributed by atoms with van der Waals surface area (Å²) in [5, 5.41) is 1.21. The number of piperidine rings is 1. The van der Waals surface area contributed by atoms with Crippen molar-refractivity contribution in [2.75, 3.05) is 13.1 Å². The number of nitrogens with two attached hydrogens (primary N) is 1. The molecule has 2 N–H and O–H groups in total. The van der Waals surface area contributed by atoms with Gasteiger partial charge in [-0.3, -0.25) is 4.79 Å². The Morgan fingerprint density at radius 1 is 1.24 bits per heavy atom. The van der Waals surface area contributed by atoms with Crippen molar-refractivity contribution in [1.29, 1.82) is 0 Å². The number of carbonyl (C=O) groups is 1. The smallest absolute Gasteiger partial charge is 0.227 e. The van der Waals surface area contributed by atoms with Gasteiger partial charge in [0.25, 0.3) is 0 Å². The number of aromatic nitrogens is 1. The van der Waals surface area contributed by atoms with E-state index in [1.54, 1.807) is 11.3 Å². The van der Waals surface area contributed by atoms with Crippen molar-refractivity contribution >= 4 is 42.1 Å². The first-order valence-corrected chi connectivity index (χ1v) is 9.72. The van der Waals surface area contributed by atoms with Gasteiger partial charge in [0.05, 0.1) is 16.6 Å². The second kappa shape index (κ2) is 9.03. The highest BCUT2D eigenvalue weighted by molar-refractivity contribution is 7.11. The van der Waals surface area contributed by atoms with Crippen LogP contribution >= 0.6 is 36.2 Å². The molecule has 1 saturated heterocycles. The number of carbonyl (C=O) groups excluding carboxylic acids is 1. The minimum Gasteiger partial charge on any atom is -0.342 e. The van der Waals surface area contributed by atoms with Crippen molar-refractivity contribution in [3.8, 4) is 0 Å². The van der Waals surface area contributed by atoms with Gasteiger partial charge in [-0.05, 0) is 46.5 Å². The zero-order valence-corrected chi connectivity index (χ0v) is 17.9. The number of rotatable bonds is 2. The molecule has 1 aliphatic heterocycles. The highest BCUT2D eigenvalue weighted by Crippen LogP contribution is 2.36. The lowest BCUT2D eigenvalue weighted by Crippen LogP contribution is -2.55. The van der Waals surface area contributed by atoms with E-state index in [9.17, 15) is 4.79 Å². The zero-order valence-electron chi connectivity index (χ0n) is 15.4. The van der Waals surface area contributed by atoms with Gasteiger partial charge < -0.3 is 10.6 Å². The van der Waals surface area contributed by atoms with Crippen molar-refractivity contribution < 1.29 is 4.79 Å². The highest BCUT2D eigenvalue weighted by atomic mass is 35.5. The SMILES string of the molecule is Cc1nc(C2CCCN(C(=O)C3CCCCC3(C)N)C2)sc1C.Cl.Cl. The Morgan fingerprint density at radius 2 is 1.96 bits per heavy atom. The molecule has 2 fully saturated rings. The number of likely N-dealkylation sites (tertiary alicyclic amines) is 1. The molecule has 0 aromatic carbocycles. The topological polar surface area (TPSA) is 59.2 Å². The number of nitrogens with zero attached hydrogens (tertiary/aromatic N) is 2. The van der Waals surface area contributed by atoms with E-state index in [0.717, 1.165) is 57.3 Å². The van der Waals surface area contributed by atoms with Crippen LogP contribution in [0, 0.1) is 19.8 Å². The summed E-state index contributed by atoms with van der Waals surface area (Å²) in [6.45, 7) is 7.96. The van der Waals surface area contributed by atoms with Gasteiger partial charge in [0, 0.05) is 29.4 Å². The van der Waals surface area contributed by atoms with E-state index < -0.39 is 0 Å². The average molecular weight is 408 g/mol. The van der Waals surface area contributed by atoms with Gasteiger partial charge in [0.2, 0.25) is 5.91 Å². The standard InChI is InChI=1S/C18H29N3OS.2ClH/c1-12-13(2)23-16(20-12)14-7-6-10-21(11-14)17(22)15-8-4-5-9-18(15,3)19;;/h14-15H,4-11,19H2,1-3H3;2*1H. The van der Waals surface area contributed by atoms with Crippen LogP contribution in [-0.2, 0) is 4.79 Å². The van der Waals surface area contributed by atoms with Gasteiger partial charge in [-0.1, -0.05) is 12.8 Å². The number of aryl methyl sites for hydroxylation is 2. The second-order valence-electron chi connectivity index (χ2n) is 7.62. The maximum Gasteiger partial charge on any atom is 0.227 e. The first-order valence-electron chi connectivity index (χ1n) is 8.90. The summed E-state index contributed by atoms with van der Waals surface area (Å²) in [4.78, 5) is 21.1. The van der Waals surface area contributed by atoms with Crippen molar-refractivity contribution in [3.05, 3.63) is 15.6 Å². The summed E-state index contributed by atoms with van der Waals surface area (Å²) < 4.78 is 0. The minimum atomic E-state index is -0.337. The van der Waals surface area contributed by atoms with E-state index >= 15 is 0 Å². The predicted molar refractivity (Wildman–Crippen MR) is 109 cm³/mol. The largest absolute Gasteiger partial charge is 0.342 e. The van der Waals surface area contributed by atoms with E-state index in [0.29, 0.717) is 5.92 Å². The maximum absolute atomic E-state index is 13.0. The first-order chi connectivity index (χ1) is 10.9. The normalized spacial score (nSPS) is 29.5. The Bertz CT molecular complexity index is 571. The molecule has 1 aliphatic carbocycles. The fourth-order valence-corrected chi connectivity index (χ4v) is 5.08. The molecule has 4 nitrogen and oxygen atoms in total. The van der Waals surface area contributed by atoms with Crippen molar-refractivity contribution in [1.82, 2.24) is 9.88 Å². The van der Waals surface area contributed by atoms with Crippen LogP contribution in [0.1, 0.15) is 66.9 Å². The molecule has 1 aromatic rings. The minimum absolute atomic E-state index is 0. The third kappa shape index (κ3) is 4.88. The van der Waals surface area contributed by atoms with E-state index in [1.807, 2.05) is 0 Å². The maximum atomic E-state index is 13.0. The number of amides is 1. The molecule has 3 atom stereocenters. The van der Waals surface area contributed by atoms with E-state index in [4.69, 9.17) is 10.7 Å². The number of hydrogen-bond donors (Lipinski definition) is 1. The zero-order chi connectivity index (χ0) is 16.6. The average Bonchev–Trinajstić information content (AvgIpc) is 2.86. The summed E-state index contributed by atoms with van der Waals surface area (Å²) in [5.41, 5.74) is 7.24. The lowest BCUT2D eigenvalue weighted by molar-refractivity contribution is -0.140. The molecule has 3 unspecified atom stereocenters. The Labute approximate surface area is 167 Å². The van der Waals surface area contributed by atoms with Gasteiger partial charge in [0.15, 0.2) is 0 Å². The molecule has 0 spiro atoms. The molecule has 3 rings (SSSR count). The van der Waals surface area contributed by atoms with Crippen LogP contribution in [0.2, 0.25) is 0 Å². The van der Waals surface area contributed by atoms with Crippen LogP contribution < -0.4 is 5.73 Å². The van der Waals surface area contributed by atoms with Crippen LogP contribution in [-0.4, -0.2) is 34.4 Å². The summed E-state index contributed by atoms with van der Waals surface area (Å²) >= 11 is 1.80. The molecule has 0 bridgehead atoms. The molecular formula is C18H31Cl2N3OS. The van der Waals surface area contributed by atoms with Gasteiger partial charge in [0.1, 0.15) is 0 Å². The number of halogens is 2. The molecule has 1 saturated carbocycles. The van der Waals surface area contributed by atoms with E-state index in [2.05, 4.69) is 25.7 Å². The van der Waals surface area contributed by atoms with Gasteiger partial charge in [-0.2, -0.15) is 0 Å². The van der Waals surface area contributed by atoms with Crippen molar-refractivity contribution in [2.45, 2.75) is 70.8 Å². The molecule has 0 radical (unpaired) electrons. The predicted octanol–water partition coefficient (Wildman–Crippen LogP) is 4.22.